The van der Waals surface area contributed by atoms with Gasteiger partial charge in [0, 0.05) is 47.3 Å². The summed E-state index contributed by atoms with van der Waals surface area (Å²) in [6.07, 6.45) is 0. The lowest BCUT2D eigenvalue weighted by Crippen LogP contribution is -1.83. The first-order chi connectivity index (χ1) is 21.8. The Morgan fingerprint density at radius 3 is 1.80 bits per heavy atom. The van der Waals surface area contributed by atoms with E-state index in [1.807, 2.05) is 11.3 Å². The van der Waals surface area contributed by atoms with Crippen molar-refractivity contribution >= 4 is 69.6 Å². The molecule has 2 heteroatoms. The number of fused-ring (bicyclic) bond motifs is 9. The third-order valence-electron chi connectivity index (χ3n) is 9.32. The molecule has 1 nitrogen and oxygen atoms in total. The summed E-state index contributed by atoms with van der Waals surface area (Å²) >= 11 is 1.92. The molecular formula is C42H25NS. The van der Waals surface area contributed by atoms with Crippen molar-refractivity contribution in [2.24, 2.45) is 0 Å². The van der Waals surface area contributed by atoms with Gasteiger partial charge in [-0.05, 0) is 52.1 Å². The molecule has 10 aromatic rings. The van der Waals surface area contributed by atoms with Gasteiger partial charge in [-0.1, -0.05) is 127 Å². The molecule has 44 heavy (non-hydrogen) atoms. The maximum atomic E-state index is 2.48. The number of benzene rings is 7. The molecule has 10 rings (SSSR count). The van der Waals surface area contributed by atoms with E-state index in [-0.39, 0.29) is 0 Å². The lowest BCUT2D eigenvalue weighted by molar-refractivity contribution is 1.37. The van der Waals surface area contributed by atoms with Crippen molar-refractivity contribution in [1.82, 2.24) is 4.40 Å². The van der Waals surface area contributed by atoms with Crippen LogP contribution in [0.15, 0.2) is 152 Å². The first-order valence-corrected chi connectivity index (χ1v) is 15.9. The van der Waals surface area contributed by atoms with Crippen LogP contribution in [0.25, 0.3) is 91.6 Å². The summed E-state index contributed by atoms with van der Waals surface area (Å²) < 4.78 is 5.15. The monoisotopic (exact) mass is 575 g/mol. The zero-order valence-electron chi connectivity index (χ0n) is 23.8. The highest BCUT2D eigenvalue weighted by atomic mass is 32.1. The number of rotatable bonds is 3. The normalized spacial score (nSPS) is 12.1. The second kappa shape index (κ2) is 9.03. The van der Waals surface area contributed by atoms with Crippen molar-refractivity contribution < 1.29 is 0 Å². The van der Waals surface area contributed by atoms with Crippen LogP contribution in [0, 0.1) is 0 Å². The van der Waals surface area contributed by atoms with Gasteiger partial charge in [0.25, 0.3) is 0 Å². The Bertz CT molecular complexity index is 2690. The largest absolute Gasteiger partial charge is 0.308 e. The van der Waals surface area contributed by atoms with Crippen LogP contribution in [0.5, 0.6) is 0 Å². The Morgan fingerprint density at radius 1 is 0.341 bits per heavy atom. The lowest BCUT2D eigenvalue weighted by atomic mass is 9.95. The van der Waals surface area contributed by atoms with Gasteiger partial charge < -0.3 is 4.40 Å². The fourth-order valence-corrected chi connectivity index (χ4v) is 8.71. The van der Waals surface area contributed by atoms with Crippen LogP contribution in [-0.4, -0.2) is 4.40 Å². The summed E-state index contributed by atoms with van der Waals surface area (Å²) in [5.41, 5.74) is 11.4. The molecule has 0 spiro atoms. The number of para-hydroxylation sites is 2. The minimum Gasteiger partial charge on any atom is -0.308 e. The molecule has 0 aliphatic heterocycles. The zero-order chi connectivity index (χ0) is 28.8. The van der Waals surface area contributed by atoms with E-state index in [2.05, 4.69) is 156 Å². The molecule has 0 N–H and O–H groups in total. The van der Waals surface area contributed by atoms with E-state index in [4.69, 9.17) is 0 Å². The molecule has 0 unspecified atom stereocenters. The second-order valence-electron chi connectivity index (χ2n) is 11.7. The van der Waals surface area contributed by atoms with Crippen molar-refractivity contribution in [1.29, 1.82) is 0 Å². The van der Waals surface area contributed by atoms with Crippen molar-refractivity contribution in [2.45, 2.75) is 0 Å². The van der Waals surface area contributed by atoms with Crippen molar-refractivity contribution in [3.8, 4) is 33.4 Å². The standard InChI is InChI=1S/C42H25NS/c1-3-11-26(12-4-1)29-23-36(27-13-5-2-6-14-27)42-37(24-29)35-19-9-16-30(41(35)44-42)28-21-22-32-34-18-10-17-33-31-15-7-8-20-38(31)43(40(33)34)39(32)25-28/h1-25H. The van der Waals surface area contributed by atoms with Crippen molar-refractivity contribution in [3.05, 3.63) is 152 Å². The summed E-state index contributed by atoms with van der Waals surface area (Å²) in [7, 11) is 0. The molecule has 0 aliphatic rings. The quantitative estimate of drug-likeness (QED) is 0.197. The minimum absolute atomic E-state index is 1.24. The van der Waals surface area contributed by atoms with E-state index < -0.39 is 0 Å². The highest BCUT2D eigenvalue weighted by Gasteiger charge is 2.19. The Kier molecular flexibility index (Phi) is 4.94. The number of hydrogen-bond acceptors (Lipinski definition) is 1. The van der Waals surface area contributed by atoms with Crippen molar-refractivity contribution in [3.63, 3.8) is 0 Å². The summed E-state index contributed by atoms with van der Waals surface area (Å²) in [6.45, 7) is 0. The summed E-state index contributed by atoms with van der Waals surface area (Å²) in [5.74, 6) is 0. The van der Waals surface area contributed by atoms with Crippen LogP contribution in [0.2, 0.25) is 0 Å². The molecular weight excluding hydrogens is 551 g/mol. The Balaban J connectivity index is 1.27. The fraction of sp³-hybridized carbons (Fsp3) is 0. The van der Waals surface area contributed by atoms with Gasteiger partial charge in [0.15, 0.2) is 0 Å². The van der Waals surface area contributed by atoms with Crippen LogP contribution < -0.4 is 0 Å². The molecule has 0 atom stereocenters. The number of hydrogen-bond donors (Lipinski definition) is 0. The Hall–Kier alpha value is -5.44. The Morgan fingerprint density at radius 2 is 0.977 bits per heavy atom. The average Bonchev–Trinajstić information content (AvgIpc) is 3.75. The van der Waals surface area contributed by atoms with Gasteiger partial charge in [-0.2, -0.15) is 0 Å². The van der Waals surface area contributed by atoms with Crippen LogP contribution in [0.3, 0.4) is 0 Å². The van der Waals surface area contributed by atoms with Crippen LogP contribution in [0.4, 0.5) is 0 Å². The molecule has 3 aromatic heterocycles. The van der Waals surface area contributed by atoms with Gasteiger partial charge >= 0.3 is 0 Å². The summed E-state index contributed by atoms with van der Waals surface area (Å²) in [5, 5.41) is 7.90. The highest BCUT2D eigenvalue weighted by molar-refractivity contribution is 7.26. The Labute approximate surface area is 258 Å². The second-order valence-corrected chi connectivity index (χ2v) is 12.7. The fourth-order valence-electron chi connectivity index (χ4n) is 7.35. The van der Waals surface area contributed by atoms with E-state index in [1.165, 1.54) is 91.6 Å². The molecule has 0 aliphatic carbocycles. The first-order valence-electron chi connectivity index (χ1n) is 15.1. The van der Waals surface area contributed by atoms with Crippen LogP contribution >= 0.6 is 11.3 Å². The van der Waals surface area contributed by atoms with E-state index in [0.29, 0.717) is 0 Å². The van der Waals surface area contributed by atoms with Gasteiger partial charge in [-0.3, -0.25) is 0 Å². The molecule has 0 saturated carbocycles. The van der Waals surface area contributed by atoms with E-state index in [1.54, 1.807) is 0 Å². The third kappa shape index (κ3) is 3.29. The molecule has 7 aromatic carbocycles. The molecule has 0 saturated heterocycles. The average molecular weight is 576 g/mol. The molecule has 204 valence electrons. The van der Waals surface area contributed by atoms with Gasteiger partial charge in [0.05, 0.1) is 16.6 Å². The van der Waals surface area contributed by atoms with Gasteiger partial charge in [0.2, 0.25) is 0 Å². The predicted octanol–water partition coefficient (Wildman–Crippen LogP) is 12.2. The topological polar surface area (TPSA) is 4.41 Å². The highest BCUT2D eigenvalue weighted by Crippen LogP contribution is 2.47. The lowest BCUT2D eigenvalue weighted by Gasteiger charge is -2.09. The summed E-state index contributed by atoms with van der Waals surface area (Å²) in [6, 6.07) is 55.8. The first kappa shape index (κ1) is 24.0. The van der Waals surface area contributed by atoms with Crippen LogP contribution in [0.1, 0.15) is 0 Å². The molecule has 0 fully saturated rings. The molecule has 3 heterocycles. The van der Waals surface area contributed by atoms with Crippen molar-refractivity contribution in [2.75, 3.05) is 0 Å². The smallest absolute Gasteiger partial charge is 0.0620 e. The predicted molar refractivity (Wildman–Crippen MR) is 190 cm³/mol. The van der Waals surface area contributed by atoms with Gasteiger partial charge in [-0.25, -0.2) is 0 Å². The summed E-state index contributed by atoms with van der Waals surface area (Å²) in [4.78, 5) is 0. The van der Waals surface area contributed by atoms with Gasteiger partial charge in [0.1, 0.15) is 0 Å². The van der Waals surface area contributed by atoms with E-state index >= 15 is 0 Å². The van der Waals surface area contributed by atoms with Crippen LogP contribution in [-0.2, 0) is 0 Å². The number of aromatic nitrogens is 1. The van der Waals surface area contributed by atoms with E-state index in [0.717, 1.165) is 0 Å². The maximum Gasteiger partial charge on any atom is 0.0620 e. The number of nitrogens with zero attached hydrogens (tertiary/aromatic N) is 1. The zero-order valence-corrected chi connectivity index (χ0v) is 24.6. The third-order valence-corrected chi connectivity index (χ3v) is 10.6. The molecule has 0 radical (unpaired) electrons. The number of thiophene rings is 1. The van der Waals surface area contributed by atoms with E-state index in [9.17, 15) is 0 Å². The SMILES string of the molecule is c1ccc(-c2cc(-c3ccccc3)c3sc4c(-c5ccc6c7cccc8c9ccccc9n(c6c5)c87)cccc4c3c2)cc1. The molecule has 0 amide bonds. The van der Waals surface area contributed by atoms with Gasteiger partial charge in [-0.15, -0.1) is 11.3 Å². The molecule has 0 bridgehead atoms. The maximum absolute atomic E-state index is 2.48. The minimum atomic E-state index is 1.24.